The van der Waals surface area contributed by atoms with Gasteiger partial charge in [-0.3, -0.25) is 4.79 Å². The molecule has 0 amide bonds. The van der Waals surface area contributed by atoms with E-state index in [0.717, 1.165) is 17.7 Å². The van der Waals surface area contributed by atoms with Gasteiger partial charge >= 0.3 is 5.97 Å². The molecule has 0 spiro atoms. The first kappa shape index (κ1) is 23.0. The minimum absolute atomic E-state index is 0.0567. The maximum Gasteiger partial charge on any atom is 0.302 e. The molecule has 0 radical (unpaired) electrons. The van der Waals surface area contributed by atoms with Crippen molar-refractivity contribution in [3.63, 3.8) is 0 Å². The van der Waals surface area contributed by atoms with E-state index in [1.165, 1.54) is 12.5 Å². The third-order valence-corrected chi connectivity index (χ3v) is 4.89. The number of benzene rings is 2. The van der Waals surface area contributed by atoms with E-state index in [4.69, 9.17) is 25.8 Å². The summed E-state index contributed by atoms with van der Waals surface area (Å²) in [6.45, 7) is 6.22. The van der Waals surface area contributed by atoms with Crippen LogP contribution in [0.5, 0.6) is 11.5 Å². The predicted molar refractivity (Wildman–Crippen MR) is 114 cm³/mol. The molecular weight excluding hydrogens is 392 g/mol. The average molecular weight is 421 g/mol. The van der Waals surface area contributed by atoms with E-state index in [1.54, 1.807) is 0 Å². The van der Waals surface area contributed by atoms with Crippen molar-refractivity contribution in [2.75, 3.05) is 25.7 Å². The lowest BCUT2D eigenvalue weighted by Gasteiger charge is -2.26. The number of carbonyl (C=O) groups excluding carboxylic acids is 1. The van der Waals surface area contributed by atoms with Gasteiger partial charge < -0.3 is 19.3 Å². The molecule has 0 aromatic heterocycles. The van der Waals surface area contributed by atoms with Crippen LogP contribution < -0.4 is 9.47 Å². The molecule has 2 aromatic carbocycles. The maximum atomic E-state index is 10.8. The Labute approximate surface area is 177 Å². The van der Waals surface area contributed by atoms with Gasteiger partial charge in [0.05, 0.1) is 6.61 Å². The van der Waals surface area contributed by atoms with Gasteiger partial charge in [-0.2, -0.15) is 0 Å². The van der Waals surface area contributed by atoms with Gasteiger partial charge in [-0.05, 0) is 41.8 Å². The van der Waals surface area contributed by atoms with Crippen molar-refractivity contribution >= 4 is 17.6 Å². The molecule has 5 nitrogen and oxygen atoms in total. The number of hydrogen-bond acceptors (Lipinski definition) is 5. The van der Waals surface area contributed by atoms with Crippen molar-refractivity contribution in [3.8, 4) is 11.5 Å². The maximum absolute atomic E-state index is 10.8. The molecule has 0 aliphatic heterocycles. The van der Waals surface area contributed by atoms with Crippen molar-refractivity contribution in [1.29, 1.82) is 0 Å². The Balaban J connectivity index is 1.95. The minimum Gasteiger partial charge on any atom is -0.494 e. The zero-order chi connectivity index (χ0) is 21.3. The van der Waals surface area contributed by atoms with E-state index in [1.807, 2.05) is 36.4 Å². The Kier molecular flexibility index (Phi) is 8.80. The van der Waals surface area contributed by atoms with Crippen LogP contribution in [0.1, 0.15) is 38.3 Å². The van der Waals surface area contributed by atoms with Crippen LogP contribution in [0.4, 0.5) is 0 Å². The molecule has 0 saturated heterocycles. The summed E-state index contributed by atoms with van der Waals surface area (Å²) in [6.07, 6.45) is -0.0375. The summed E-state index contributed by atoms with van der Waals surface area (Å²) in [5.74, 6) is 1.65. The number of ether oxygens (including phenoxy) is 3. The highest BCUT2D eigenvalue weighted by Crippen LogP contribution is 2.33. The summed E-state index contributed by atoms with van der Waals surface area (Å²) in [7, 11) is 0. The van der Waals surface area contributed by atoms with Gasteiger partial charge in [0.2, 0.25) is 0 Å². The van der Waals surface area contributed by atoms with Gasteiger partial charge in [0.15, 0.2) is 0 Å². The zero-order valence-corrected chi connectivity index (χ0v) is 17.9. The van der Waals surface area contributed by atoms with E-state index >= 15 is 0 Å². The molecule has 6 heteroatoms. The standard InChI is InChI=1S/C23H29ClO5/c1-17(25)28-15-20(26)16-29-22-11-7-19(8-12-22)23(2,3)18-5-9-21(10-6-18)27-14-4-13-24/h5-12,20,26H,4,13-16H2,1-3H3. The summed E-state index contributed by atoms with van der Waals surface area (Å²) < 4.78 is 16.0. The van der Waals surface area contributed by atoms with Crippen molar-refractivity contribution < 1.29 is 24.1 Å². The summed E-state index contributed by atoms with van der Waals surface area (Å²) in [5, 5.41) is 9.76. The molecule has 1 N–H and O–H groups in total. The predicted octanol–water partition coefficient (Wildman–Crippen LogP) is 4.32. The van der Waals surface area contributed by atoms with Gasteiger partial charge in [-0.25, -0.2) is 0 Å². The second-order valence-corrected chi connectivity index (χ2v) is 7.71. The molecule has 0 heterocycles. The van der Waals surface area contributed by atoms with Gasteiger partial charge in [0.1, 0.15) is 30.8 Å². The molecule has 0 saturated carbocycles. The first-order chi connectivity index (χ1) is 13.8. The van der Waals surface area contributed by atoms with E-state index in [-0.39, 0.29) is 18.6 Å². The molecule has 0 aliphatic carbocycles. The van der Waals surface area contributed by atoms with E-state index in [0.29, 0.717) is 18.2 Å². The molecule has 2 rings (SSSR count). The Bertz CT molecular complexity index is 756. The summed E-state index contributed by atoms with van der Waals surface area (Å²) in [6, 6.07) is 15.9. The van der Waals surface area contributed by atoms with Crippen LogP contribution in [-0.2, 0) is 14.9 Å². The van der Waals surface area contributed by atoms with Gasteiger partial charge in [0.25, 0.3) is 0 Å². The van der Waals surface area contributed by atoms with Crippen LogP contribution >= 0.6 is 11.6 Å². The number of aliphatic hydroxyl groups excluding tert-OH is 1. The molecule has 1 unspecified atom stereocenters. The van der Waals surface area contributed by atoms with Crippen molar-refractivity contribution in [2.45, 2.75) is 38.7 Å². The smallest absolute Gasteiger partial charge is 0.302 e. The molecule has 29 heavy (non-hydrogen) atoms. The van der Waals surface area contributed by atoms with Gasteiger partial charge in [-0.1, -0.05) is 38.1 Å². The number of rotatable bonds is 11. The second kappa shape index (κ2) is 11.1. The van der Waals surface area contributed by atoms with Crippen LogP contribution in [0.15, 0.2) is 48.5 Å². The highest BCUT2D eigenvalue weighted by atomic mass is 35.5. The van der Waals surface area contributed by atoms with Crippen LogP contribution in [0, 0.1) is 0 Å². The monoisotopic (exact) mass is 420 g/mol. The lowest BCUT2D eigenvalue weighted by Crippen LogP contribution is -2.24. The van der Waals surface area contributed by atoms with E-state index in [2.05, 4.69) is 26.0 Å². The fourth-order valence-corrected chi connectivity index (χ4v) is 2.91. The van der Waals surface area contributed by atoms with E-state index < -0.39 is 12.1 Å². The lowest BCUT2D eigenvalue weighted by atomic mass is 9.78. The first-order valence-electron chi connectivity index (χ1n) is 9.67. The molecule has 0 aliphatic rings. The number of alkyl halides is 1. The Morgan fingerprint density at radius 3 is 1.97 bits per heavy atom. The largest absolute Gasteiger partial charge is 0.494 e. The first-order valence-corrected chi connectivity index (χ1v) is 10.2. The number of esters is 1. The van der Waals surface area contributed by atoms with Crippen molar-refractivity contribution in [2.24, 2.45) is 0 Å². The van der Waals surface area contributed by atoms with Crippen molar-refractivity contribution in [3.05, 3.63) is 59.7 Å². The zero-order valence-electron chi connectivity index (χ0n) is 17.2. The summed E-state index contributed by atoms with van der Waals surface area (Å²) in [5.41, 5.74) is 2.12. The normalized spacial score (nSPS) is 12.3. The number of halogens is 1. The second-order valence-electron chi connectivity index (χ2n) is 7.33. The van der Waals surface area contributed by atoms with Crippen LogP contribution in [0.25, 0.3) is 0 Å². The molecule has 1 atom stereocenters. The van der Waals surface area contributed by atoms with Crippen molar-refractivity contribution in [1.82, 2.24) is 0 Å². The lowest BCUT2D eigenvalue weighted by molar-refractivity contribution is -0.144. The Morgan fingerprint density at radius 2 is 1.48 bits per heavy atom. The third-order valence-electron chi connectivity index (χ3n) is 4.62. The third kappa shape index (κ3) is 7.26. The molecule has 0 bridgehead atoms. The number of aliphatic hydroxyl groups is 1. The Hall–Kier alpha value is -2.24. The molecular formula is C23H29ClO5. The highest BCUT2D eigenvalue weighted by molar-refractivity contribution is 6.17. The van der Waals surface area contributed by atoms with Crippen LogP contribution in [-0.4, -0.2) is 42.9 Å². The summed E-state index contributed by atoms with van der Waals surface area (Å²) in [4.78, 5) is 10.8. The minimum atomic E-state index is -0.861. The van der Waals surface area contributed by atoms with Crippen LogP contribution in [0.2, 0.25) is 0 Å². The SMILES string of the molecule is CC(=O)OCC(O)COc1ccc(C(C)(C)c2ccc(OCCCCl)cc2)cc1. The van der Waals surface area contributed by atoms with Gasteiger partial charge in [-0.15, -0.1) is 11.6 Å². The fraction of sp³-hybridized carbons (Fsp3) is 0.435. The van der Waals surface area contributed by atoms with Crippen LogP contribution in [0.3, 0.4) is 0 Å². The number of carbonyl (C=O) groups is 1. The Morgan fingerprint density at radius 1 is 0.966 bits per heavy atom. The summed E-state index contributed by atoms with van der Waals surface area (Å²) >= 11 is 5.67. The number of hydrogen-bond donors (Lipinski definition) is 1. The molecule has 158 valence electrons. The quantitative estimate of drug-likeness (QED) is 0.333. The highest BCUT2D eigenvalue weighted by Gasteiger charge is 2.23. The average Bonchev–Trinajstić information content (AvgIpc) is 2.71. The molecule has 0 fully saturated rings. The molecule has 2 aromatic rings. The topological polar surface area (TPSA) is 65.0 Å². The fourth-order valence-electron chi connectivity index (χ4n) is 2.80. The van der Waals surface area contributed by atoms with Gasteiger partial charge in [0, 0.05) is 18.2 Å². The van der Waals surface area contributed by atoms with E-state index in [9.17, 15) is 9.90 Å².